The van der Waals surface area contributed by atoms with E-state index in [-0.39, 0.29) is 11.5 Å². The van der Waals surface area contributed by atoms with Crippen molar-refractivity contribution in [2.24, 2.45) is 0 Å². The minimum absolute atomic E-state index is 0.155. The van der Waals surface area contributed by atoms with E-state index in [9.17, 15) is 23.1 Å². The Morgan fingerprint density at radius 3 is 2.43 bits per heavy atom. The number of carbonyl (C=O) groups is 1. The number of rotatable bonds is 3. The number of hydrogen-bond donors (Lipinski definition) is 2. The van der Waals surface area contributed by atoms with Gasteiger partial charge in [0.25, 0.3) is 5.91 Å². The van der Waals surface area contributed by atoms with Crippen LogP contribution in [0.15, 0.2) is 42.5 Å². The summed E-state index contributed by atoms with van der Waals surface area (Å²) in [6.07, 6.45) is -4.53. The molecule has 8 heteroatoms. The summed E-state index contributed by atoms with van der Waals surface area (Å²) in [5, 5.41) is 10.4. The maximum absolute atomic E-state index is 12.7. The Kier molecular flexibility index (Phi) is 5.27. The lowest BCUT2D eigenvalue weighted by Crippen LogP contribution is -2.40. The second kappa shape index (κ2) is 7.75. The molecule has 1 amide bonds. The van der Waals surface area contributed by atoms with E-state index < -0.39 is 23.8 Å². The van der Waals surface area contributed by atoms with Crippen LogP contribution in [0.1, 0.15) is 47.4 Å². The van der Waals surface area contributed by atoms with Gasteiger partial charge in [-0.15, -0.1) is 0 Å². The molecule has 4 rings (SSSR count). The number of hydrogen-bond acceptors (Lipinski definition) is 3. The monoisotopic (exact) mass is 417 g/mol. The number of nitrogens with zero attached hydrogens (tertiary/aromatic N) is 2. The van der Waals surface area contributed by atoms with Crippen LogP contribution in [0.2, 0.25) is 0 Å². The average molecular weight is 417 g/mol. The van der Waals surface area contributed by atoms with Crippen molar-refractivity contribution >= 4 is 16.9 Å². The zero-order valence-corrected chi connectivity index (χ0v) is 16.4. The van der Waals surface area contributed by atoms with Gasteiger partial charge < -0.3 is 15.0 Å². The highest BCUT2D eigenvalue weighted by Crippen LogP contribution is 2.32. The summed E-state index contributed by atoms with van der Waals surface area (Å²) in [6.45, 7) is 2.92. The van der Waals surface area contributed by atoms with Gasteiger partial charge in [-0.1, -0.05) is 24.3 Å². The molecule has 2 aromatic carbocycles. The van der Waals surface area contributed by atoms with Crippen molar-refractivity contribution in [3.63, 3.8) is 0 Å². The van der Waals surface area contributed by atoms with Crippen molar-refractivity contribution in [1.29, 1.82) is 0 Å². The summed E-state index contributed by atoms with van der Waals surface area (Å²) in [4.78, 5) is 22.3. The molecule has 1 unspecified atom stereocenters. The maximum Gasteiger partial charge on any atom is 0.416 e. The SMILES string of the molecule is Cc1cccc2[nH]c(C3CCN(C(=O)C(O)c4ccc(C(F)(F)F)cc4)CC3)nc12. The van der Waals surface area contributed by atoms with Crippen LogP contribution in [0.4, 0.5) is 13.2 Å². The zero-order chi connectivity index (χ0) is 21.5. The Balaban J connectivity index is 1.40. The second-order valence-electron chi connectivity index (χ2n) is 7.71. The molecule has 1 fully saturated rings. The molecule has 0 aliphatic carbocycles. The predicted molar refractivity (Wildman–Crippen MR) is 106 cm³/mol. The van der Waals surface area contributed by atoms with Crippen LogP contribution in [0, 0.1) is 6.92 Å². The summed E-state index contributed by atoms with van der Waals surface area (Å²) in [7, 11) is 0. The van der Waals surface area contributed by atoms with E-state index in [0.717, 1.165) is 46.7 Å². The lowest BCUT2D eigenvalue weighted by atomic mass is 9.95. The van der Waals surface area contributed by atoms with Crippen molar-refractivity contribution in [2.45, 2.75) is 38.0 Å². The number of aryl methyl sites for hydroxylation is 1. The number of aliphatic hydroxyl groups is 1. The number of piperidine rings is 1. The van der Waals surface area contributed by atoms with Crippen molar-refractivity contribution in [3.8, 4) is 0 Å². The molecule has 1 aliphatic rings. The summed E-state index contributed by atoms with van der Waals surface area (Å²) < 4.78 is 38.1. The number of aromatic amines is 1. The lowest BCUT2D eigenvalue weighted by molar-refractivity contribution is -0.141. The minimum Gasteiger partial charge on any atom is -0.378 e. The molecule has 0 radical (unpaired) electrons. The third-order valence-corrected chi connectivity index (χ3v) is 5.71. The van der Waals surface area contributed by atoms with Crippen LogP contribution in [-0.2, 0) is 11.0 Å². The fourth-order valence-electron chi connectivity index (χ4n) is 3.93. The molecular weight excluding hydrogens is 395 g/mol. The summed E-state index contributed by atoms with van der Waals surface area (Å²) >= 11 is 0. The van der Waals surface area contributed by atoms with E-state index in [0.29, 0.717) is 25.9 Å². The second-order valence-corrected chi connectivity index (χ2v) is 7.71. The van der Waals surface area contributed by atoms with E-state index in [1.807, 2.05) is 25.1 Å². The number of aliphatic hydroxyl groups excluding tert-OH is 1. The first kappa shape index (κ1) is 20.4. The number of para-hydroxylation sites is 1. The molecule has 0 spiro atoms. The minimum atomic E-state index is -4.45. The first-order chi connectivity index (χ1) is 14.2. The Morgan fingerprint density at radius 2 is 1.83 bits per heavy atom. The summed E-state index contributed by atoms with van der Waals surface area (Å²) in [5.74, 6) is 0.590. The van der Waals surface area contributed by atoms with Crippen LogP contribution in [0.5, 0.6) is 0 Å². The number of amides is 1. The number of aromatic nitrogens is 2. The van der Waals surface area contributed by atoms with Gasteiger partial charge in [-0.2, -0.15) is 13.2 Å². The molecule has 2 heterocycles. The highest BCUT2D eigenvalue weighted by molar-refractivity contribution is 5.82. The number of alkyl halides is 3. The Hall–Kier alpha value is -2.87. The van der Waals surface area contributed by atoms with Crippen molar-refractivity contribution in [3.05, 3.63) is 65.0 Å². The van der Waals surface area contributed by atoms with E-state index in [4.69, 9.17) is 4.98 Å². The molecule has 1 atom stereocenters. The largest absolute Gasteiger partial charge is 0.416 e. The first-order valence-corrected chi connectivity index (χ1v) is 9.83. The molecule has 30 heavy (non-hydrogen) atoms. The van der Waals surface area contributed by atoms with Gasteiger partial charge in [-0.05, 0) is 49.1 Å². The highest BCUT2D eigenvalue weighted by atomic mass is 19.4. The lowest BCUT2D eigenvalue weighted by Gasteiger charge is -2.32. The molecule has 1 aromatic heterocycles. The molecule has 2 N–H and O–H groups in total. The summed E-state index contributed by atoms with van der Waals surface area (Å²) in [6, 6.07) is 10.0. The van der Waals surface area contributed by atoms with Crippen LogP contribution >= 0.6 is 0 Å². The number of H-pyrrole nitrogens is 1. The molecule has 1 saturated heterocycles. The molecule has 3 aromatic rings. The Bertz CT molecular complexity index is 1050. The maximum atomic E-state index is 12.7. The zero-order valence-electron chi connectivity index (χ0n) is 16.4. The van der Waals surface area contributed by atoms with Gasteiger partial charge in [0, 0.05) is 19.0 Å². The van der Waals surface area contributed by atoms with E-state index in [1.165, 1.54) is 0 Å². The smallest absolute Gasteiger partial charge is 0.378 e. The first-order valence-electron chi connectivity index (χ1n) is 9.83. The number of imidazole rings is 1. The number of nitrogens with one attached hydrogen (secondary N) is 1. The van der Waals surface area contributed by atoms with Gasteiger partial charge in [0.1, 0.15) is 5.82 Å². The van der Waals surface area contributed by atoms with Crippen molar-refractivity contribution < 1.29 is 23.1 Å². The van der Waals surface area contributed by atoms with Crippen molar-refractivity contribution in [1.82, 2.24) is 14.9 Å². The van der Waals surface area contributed by atoms with Gasteiger partial charge in [0.2, 0.25) is 0 Å². The Labute approximate surface area is 171 Å². The average Bonchev–Trinajstić information content (AvgIpc) is 3.18. The molecular formula is C22H22F3N3O2. The standard InChI is InChI=1S/C22H22F3N3O2/c1-13-3-2-4-17-18(13)27-20(26-17)15-9-11-28(12-10-15)21(30)19(29)14-5-7-16(8-6-14)22(23,24)25/h2-8,15,19,29H,9-12H2,1H3,(H,26,27). The third kappa shape index (κ3) is 3.92. The third-order valence-electron chi connectivity index (χ3n) is 5.71. The predicted octanol–water partition coefficient (Wildman–Crippen LogP) is 4.33. The topological polar surface area (TPSA) is 69.2 Å². The number of fused-ring (bicyclic) bond motifs is 1. The van der Waals surface area contributed by atoms with Crippen LogP contribution in [-0.4, -0.2) is 39.0 Å². The van der Waals surface area contributed by atoms with Gasteiger partial charge in [-0.25, -0.2) is 4.98 Å². The van der Waals surface area contributed by atoms with Gasteiger partial charge in [-0.3, -0.25) is 4.79 Å². The van der Waals surface area contributed by atoms with E-state index >= 15 is 0 Å². The number of halogens is 3. The molecule has 158 valence electrons. The number of likely N-dealkylation sites (tertiary alicyclic amines) is 1. The van der Waals surface area contributed by atoms with Gasteiger partial charge in [0.05, 0.1) is 16.6 Å². The van der Waals surface area contributed by atoms with Gasteiger partial charge in [0.15, 0.2) is 6.10 Å². The fraction of sp³-hybridized carbons (Fsp3) is 0.364. The van der Waals surface area contributed by atoms with E-state index in [2.05, 4.69) is 4.98 Å². The van der Waals surface area contributed by atoms with Gasteiger partial charge >= 0.3 is 6.18 Å². The van der Waals surface area contributed by atoms with E-state index in [1.54, 1.807) is 4.90 Å². The van der Waals surface area contributed by atoms with Crippen LogP contribution in [0.3, 0.4) is 0 Å². The highest BCUT2D eigenvalue weighted by Gasteiger charge is 2.32. The fourth-order valence-corrected chi connectivity index (χ4v) is 3.93. The quantitative estimate of drug-likeness (QED) is 0.667. The molecule has 0 bridgehead atoms. The number of carbonyl (C=O) groups excluding carboxylic acids is 1. The molecule has 1 aliphatic heterocycles. The van der Waals surface area contributed by atoms with Crippen LogP contribution < -0.4 is 0 Å². The molecule has 5 nitrogen and oxygen atoms in total. The summed E-state index contributed by atoms with van der Waals surface area (Å²) in [5.41, 5.74) is 2.38. The molecule has 0 saturated carbocycles. The van der Waals surface area contributed by atoms with Crippen LogP contribution in [0.25, 0.3) is 11.0 Å². The normalized spacial score (nSPS) is 16.8. The number of benzene rings is 2. The Morgan fingerprint density at radius 1 is 1.17 bits per heavy atom. The van der Waals surface area contributed by atoms with Crippen molar-refractivity contribution in [2.75, 3.05) is 13.1 Å².